The minimum atomic E-state index is -2.01. The van der Waals surface area contributed by atoms with Crippen LogP contribution in [0, 0.1) is 15.6 Å². The molecule has 1 rings (SSSR count). The van der Waals surface area contributed by atoms with Crippen LogP contribution in [0.2, 0.25) is 0 Å². The Kier molecular flexibility index (Phi) is 12.5. The predicted octanol–water partition coefficient (Wildman–Crippen LogP) is -2.83. The molecule has 0 unspecified atom stereocenters. The van der Waals surface area contributed by atoms with Gasteiger partial charge in [0.1, 0.15) is 18.8 Å². The Hall–Kier alpha value is -2.07. The Morgan fingerprint density at radius 3 is 1.64 bits per heavy atom. The molecule has 0 aromatic rings. The number of rotatable bonds is 13. The van der Waals surface area contributed by atoms with Crippen molar-refractivity contribution >= 4 is 17.9 Å². The zero-order chi connectivity index (χ0) is 25.1. The van der Waals surface area contributed by atoms with Crippen LogP contribution in [0.3, 0.4) is 0 Å². The first-order chi connectivity index (χ1) is 15.4. The molecule has 0 aromatic heterocycles. The molecule has 0 bridgehead atoms. The number of esters is 3. The molecule has 5 atom stereocenters. The molecule has 18 heteroatoms. The van der Waals surface area contributed by atoms with E-state index >= 15 is 0 Å². The van der Waals surface area contributed by atoms with E-state index in [1.165, 1.54) is 0 Å². The van der Waals surface area contributed by atoms with Gasteiger partial charge >= 0.3 is 17.9 Å². The highest BCUT2D eigenvalue weighted by atomic mass is 16.8. The van der Waals surface area contributed by atoms with Gasteiger partial charge in [-0.15, -0.1) is 0 Å². The summed E-state index contributed by atoms with van der Waals surface area (Å²) < 4.78 is 19.7. The van der Waals surface area contributed by atoms with Crippen LogP contribution in [0.5, 0.6) is 0 Å². The maximum Gasteiger partial charge on any atom is 0.307 e. The Bertz CT molecular complexity index is 632. The molecule has 0 aliphatic carbocycles. The van der Waals surface area contributed by atoms with Crippen LogP contribution >= 0.6 is 0 Å². The van der Waals surface area contributed by atoms with Gasteiger partial charge in [0.25, 0.3) is 0 Å². The van der Waals surface area contributed by atoms with Crippen molar-refractivity contribution in [3.63, 3.8) is 0 Å². The summed E-state index contributed by atoms with van der Waals surface area (Å²) in [6, 6.07) is 0. The lowest BCUT2D eigenvalue weighted by atomic mass is 9.98. The first-order valence-corrected chi connectivity index (χ1v) is 9.37. The molecule has 1 fully saturated rings. The van der Waals surface area contributed by atoms with Crippen molar-refractivity contribution < 1.29 is 59.2 Å². The normalized spacial score (nSPS) is 25.4. The molecule has 1 saturated heterocycles. The number of ether oxygens (including phenoxy) is 4. The number of carbonyl (C=O) groups is 3. The third-order valence-corrected chi connectivity index (χ3v) is 4.10. The van der Waals surface area contributed by atoms with Gasteiger partial charge in [-0.25, -0.2) is 0 Å². The smallest absolute Gasteiger partial charge is 0.307 e. The lowest BCUT2D eigenvalue weighted by molar-refractivity contribution is -0.294. The Morgan fingerprint density at radius 2 is 1.18 bits per heavy atom. The molecule has 18 nitrogen and oxygen atoms in total. The summed E-state index contributed by atoms with van der Waals surface area (Å²) in [7, 11) is 0. The van der Waals surface area contributed by atoms with Crippen LogP contribution in [0.25, 0.3) is 0 Å². The fourth-order valence-electron chi connectivity index (χ4n) is 2.55. The minimum Gasteiger partial charge on any atom is -0.762 e. The summed E-state index contributed by atoms with van der Waals surface area (Å²) >= 11 is 0. The minimum absolute atomic E-state index is 0.515. The van der Waals surface area contributed by atoms with E-state index in [9.17, 15) is 40.2 Å². The van der Waals surface area contributed by atoms with Crippen LogP contribution in [0.1, 0.15) is 19.3 Å². The number of hydroxylamine groups is 6. The van der Waals surface area contributed by atoms with Gasteiger partial charge in [-0.05, 0) is 0 Å². The Balaban J connectivity index is 2.86. The van der Waals surface area contributed by atoms with E-state index in [4.69, 9.17) is 34.6 Å². The van der Waals surface area contributed by atoms with E-state index in [1.54, 1.807) is 0 Å². The van der Waals surface area contributed by atoms with Crippen molar-refractivity contribution in [3.05, 3.63) is 15.6 Å². The van der Waals surface area contributed by atoms with Gasteiger partial charge in [-0.2, -0.15) is 0 Å². The lowest BCUT2D eigenvalue weighted by Gasteiger charge is -2.41. The van der Waals surface area contributed by atoms with E-state index in [-0.39, 0.29) is 0 Å². The third-order valence-electron chi connectivity index (χ3n) is 4.10. The maximum absolute atomic E-state index is 11.9. The van der Waals surface area contributed by atoms with Crippen LogP contribution in [0.15, 0.2) is 0 Å². The molecular formula is C15H24N3O15-3. The van der Waals surface area contributed by atoms with Crippen LogP contribution in [-0.4, -0.2) is 116 Å². The summed E-state index contributed by atoms with van der Waals surface area (Å²) in [6.07, 6.45) is -10.8. The monoisotopic (exact) mass is 486 g/mol. The molecule has 0 spiro atoms. The molecule has 0 saturated carbocycles. The maximum atomic E-state index is 11.9. The van der Waals surface area contributed by atoms with Gasteiger partial charge < -0.3 is 60.4 Å². The second kappa shape index (κ2) is 14.2. The average molecular weight is 486 g/mol. The topological polar surface area (TPSA) is 268 Å². The summed E-state index contributed by atoms with van der Waals surface area (Å²) in [5, 5.41) is 76.0. The zero-order valence-corrected chi connectivity index (χ0v) is 17.0. The van der Waals surface area contributed by atoms with E-state index in [1.807, 2.05) is 0 Å². The number of nitrogens with zero attached hydrogens (tertiary/aromatic N) is 3. The molecular weight excluding hydrogens is 462 g/mol. The number of hydrogen-bond acceptors (Lipinski definition) is 18. The van der Waals surface area contributed by atoms with Crippen LogP contribution in [0.4, 0.5) is 0 Å². The molecule has 1 heterocycles. The SMILES string of the molecule is O=C(CCN([O-])O)OC[C@H]1O[C@H](O)[C@H](OC(=O)CCN([O-])O)[C@@H](O)[C@@H]1OC(=O)CCN([O-])O. The van der Waals surface area contributed by atoms with Gasteiger partial charge in [0.05, 0.1) is 19.3 Å². The largest absolute Gasteiger partial charge is 0.762 e. The highest BCUT2D eigenvalue weighted by Gasteiger charge is 2.49. The quantitative estimate of drug-likeness (QED) is 0.0996. The number of aliphatic hydroxyl groups excluding tert-OH is 2. The van der Waals surface area contributed by atoms with E-state index in [0.717, 1.165) is 0 Å². The van der Waals surface area contributed by atoms with Gasteiger partial charge in [0, 0.05) is 19.6 Å². The lowest BCUT2D eigenvalue weighted by Crippen LogP contribution is -2.61. The molecule has 0 amide bonds. The van der Waals surface area contributed by atoms with Crippen molar-refractivity contribution in [2.45, 2.75) is 50.0 Å². The zero-order valence-electron chi connectivity index (χ0n) is 17.0. The molecule has 1 aliphatic heterocycles. The number of aliphatic hydroxyl groups is 2. The van der Waals surface area contributed by atoms with Crippen LogP contribution in [-0.2, 0) is 33.3 Å². The predicted molar refractivity (Wildman–Crippen MR) is 97.0 cm³/mol. The highest BCUT2D eigenvalue weighted by Crippen LogP contribution is 2.26. The van der Waals surface area contributed by atoms with Gasteiger partial charge in [0.15, 0.2) is 18.5 Å². The van der Waals surface area contributed by atoms with Gasteiger partial charge in [0.2, 0.25) is 0 Å². The van der Waals surface area contributed by atoms with Crippen molar-refractivity contribution in [2.75, 3.05) is 26.2 Å². The third kappa shape index (κ3) is 11.1. The number of hydrogen-bond donors (Lipinski definition) is 5. The molecule has 0 radical (unpaired) electrons. The molecule has 33 heavy (non-hydrogen) atoms. The van der Waals surface area contributed by atoms with Crippen molar-refractivity contribution in [1.29, 1.82) is 0 Å². The Labute approximate surface area is 185 Å². The van der Waals surface area contributed by atoms with Crippen LogP contribution < -0.4 is 0 Å². The van der Waals surface area contributed by atoms with E-state index in [2.05, 4.69) is 0 Å². The van der Waals surface area contributed by atoms with Crippen molar-refractivity contribution in [3.8, 4) is 0 Å². The second-order valence-electron chi connectivity index (χ2n) is 6.62. The fraction of sp³-hybridized carbons (Fsp3) is 0.800. The van der Waals surface area contributed by atoms with Gasteiger partial charge in [-0.1, -0.05) is 0 Å². The van der Waals surface area contributed by atoms with Crippen molar-refractivity contribution in [2.24, 2.45) is 0 Å². The average Bonchev–Trinajstić information content (AvgIpc) is 2.72. The molecule has 192 valence electrons. The first kappa shape index (κ1) is 29.0. The van der Waals surface area contributed by atoms with Gasteiger partial charge in [-0.3, -0.25) is 30.1 Å². The summed E-state index contributed by atoms with van der Waals surface area (Å²) in [5.41, 5.74) is 0. The summed E-state index contributed by atoms with van der Waals surface area (Å²) in [4.78, 5) is 35.3. The molecule has 0 aromatic carbocycles. The summed E-state index contributed by atoms with van der Waals surface area (Å²) in [5.74, 6) is -3.26. The van der Waals surface area contributed by atoms with Crippen molar-refractivity contribution in [1.82, 2.24) is 15.7 Å². The van der Waals surface area contributed by atoms with E-state index in [0.29, 0.717) is 0 Å². The number of carbonyl (C=O) groups excluding carboxylic acids is 3. The first-order valence-electron chi connectivity index (χ1n) is 9.37. The summed E-state index contributed by atoms with van der Waals surface area (Å²) in [6.45, 7) is -2.72. The van der Waals surface area contributed by atoms with E-state index < -0.39 is 110 Å². The standard InChI is InChI=1S/C15H24N3O15/c19-9(1-4-16(24)25)30-7-8-13(32-10(20)2-5-17(26)27)12(22)14(15(23)31-8)33-11(21)3-6-18(28)29/h8,12-15,22-24,26,28H,1-7H2/q-3/t8-,12+,13-,14-,15+/m1/s1. The Morgan fingerprint density at radius 1 is 0.758 bits per heavy atom. The fourth-order valence-corrected chi connectivity index (χ4v) is 2.55. The molecule has 5 N–H and O–H groups in total. The molecule has 1 aliphatic rings. The second-order valence-corrected chi connectivity index (χ2v) is 6.62. The highest BCUT2D eigenvalue weighted by molar-refractivity contribution is 5.71.